The fourth-order valence-corrected chi connectivity index (χ4v) is 1.86. The van der Waals surface area contributed by atoms with E-state index in [9.17, 15) is 4.79 Å². The Morgan fingerprint density at radius 1 is 1.18 bits per heavy atom. The van der Waals surface area contributed by atoms with Crippen LogP contribution in [0.5, 0.6) is 5.75 Å². The summed E-state index contributed by atoms with van der Waals surface area (Å²) < 4.78 is 15.1. The van der Waals surface area contributed by atoms with Crippen molar-refractivity contribution in [3.05, 3.63) is 29.8 Å². The number of hydrogen-bond acceptors (Lipinski definition) is 5. The van der Waals surface area contributed by atoms with Gasteiger partial charge in [-0.2, -0.15) is 0 Å². The van der Waals surface area contributed by atoms with E-state index in [0.29, 0.717) is 37.7 Å². The molecule has 0 aromatic heterocycles. The lowest BCUT2D eigenvalue weighted by molar-refractivity contribution is -0.127. The maximum absolute atomic E-state index is 12.2. The smallest absolute Gasteiger partial charge is 0.246 e. The van der Waals surface area contributed by atoms with Gasteiger partial charge in [0.2, 0.25) is 5.91 Å². The highest BCUT2D eigenvalue weighted by Crippen LogP contribution is 2.22. The van der Waals surface area contributed by atoms with Crippen molar-refractivity contribution in [1.29, 1.82) is 0 Å². The maximum Gasteiger partial charge on any atom is 0.246 e. The first-order valence-electron chi connectivity index (χ1n) is 7.00. The molecule has 0 heterocycles. The lowest BCUT2D eigenvalue weighted by atomic mass is 10.1. The Hall–Kier alpha value is -2.05. The third-order valence-electron chi connectivity index (χ3n) is 3.11. The molecule has 2 N–H and O–H groups in total. The summed E-state index contributed by atoms with van der Waals surface area (Å²) in [4.78, 5) is 13.9. The fourth-order valence-electron chi connectivity index (χ4n) is 1.86. The van der Waals surface area contributed by atoms with Crippen molar-refractivity contribution in [2.75, 3.05) is 53.4 Å². The summed E-state index contributed by atoms with van der Waals surface area (Å²) in [6.45, 7) is 2.01. The summed E-state index contributed by atoms with van der Waals surface area (Å²) in [5.74, 6) is 0.522. The SMILES string of the molecule is COCCN(CCOC)C(=O)/C=C\c1ccc(OC)c(N)c1. The zero-order chi connectivity index (χ0) is 16.4. The summed E-state index contributed by atoms with van der Waals surface area (Å²) in [7, 11) is 4.78. The van der Waals surface area contributed by atoms with Crippen molar-refractivity contribution in [1.82, 2.24) is 4.90 Å². The van der Waals surface area contributed by atoms with E-state index in [0.717, 1.165) is 5.56 Å². The highest BCUT2D eigenvalue weighted by atomic mass is 16.5. The molecule has 0 atom stereocenters. The van der Waals surface area contributed by atoms with E-state index in [4.69, 9.17) is 19.9 Å². The van der Waals surface area contributed by atoms with Gasteiger partial charge in [-0.25, -0.2) is 0 Å². The van der Waals surface area contributed by atoms with Crippen LogP contribution in [0.4, 0.5) is 5.69 Å². The highest BCUT2D eigenvalue weighted by Gasteiger charge is 2.09. The lowest BCUT2D eigenvalue weighted by Crippen LogP contribution is -2.35. The van der Waals surface area contributed by atoms with Gasteiger partial charge in [0, 0.05) is 33.4 Å². The van der Waals surface area contributed by atoms with Crippen molar-refractivity contribution >= 4 is 17.7 Å². The molecule has 0 aliphatic heterocycles. The number of nitrogens with zero attached hydrogens (tertiary/aromatic N) is 1. The van der Waals surface area contributed by atoms with Crippen molar-refractivity contribution in [3.8, 4) is 5.75 Å². The number of methoxy groups -OCH3 is 3. The Labute approximate surface area is 131 Å². The predicted octanol–water partition coefficient (Wildman–Crippen LogP) is 1.41. The average Bonchev–Trinajstić information content (AvgIpc) is 2.53. The zero-order valence-corrected chi connectivity index (χ0v) is 13.4. The van der Waals surface area contributed by atoms with Crippen LogP contribution in [0.1, 0.15) is 5.56 Å². The Bertz CT molecular complexity index is 495. The number of benzene rings is 1. The number of nitrogens with two attached hydrogens (primary N) is 1. The van der Waals surface area contributed by atoms with Crippen molar-refractivity contribution < 1.29 is 19.0 Å². The maximum atomic E-state index is 12.2. The second-order valence-corrected chi connectivity index (χ2v) is 4.65. The van der Waals surface area contributed by atoms with E-state index < -0.39 is 0 Å². The molecule has 0 unspecified atom stereocenters. The van der Waals surface area contributed by atoms with Crippen LogP contribution in [-0.2, 0) is 14.3 Å². The molecule has 22 heavy (non-hydrogen) atoms. The molecule has 0 fully saturated rings. The van der Waals surface area contributed by atoms with E-state index in [1.54, 1.807) is 44.4 Å². The highest BCUT2D eigenvalue weighted by molar-refractivity contribution is 5.92. The van der Waals surface area contributed by atoms with Gasteiger partial charge in [0.25, 0.3) is 0 Å². The van der Waals surface area contributed by atoms with Gasteiger partial charge in [0.15, 0.2) is 0 Å². The monoisotopic (exact) mass is 308 g/mol. The topological polar surface area (TPSA) is 74.0 Å². The standard InChI is InChI=1S/C16H24N2O4/c1-20-10-8-18(9-11-21-2)16(19)7-5-13-4-6-15(22-3)14(17)12-13/h4-7,12H,8-11,17H2,1-3H3/b7-5-. The quantitative estimate of drug-likeness (QED) is 0.551. The lowest BCUT2D eigenvalue weighted by Gasteiger charge is -2.20. The van der Waals surface area contributed by atoms with Crippen LogP contribution in [0.25, 0.3) is 6.08 Å². The molecule has 0 aliphatic carbocycles. The van der Waals surface area contributed by atoms with Gasteiger partial charge < -0.3 is 24.8 Å². The molecule has 0 saturated heterocycles. The number of amides is 1. The summed E-state index contributed by atoms with van der Waals surface area (Å²) in [5, 5.41) is 0. The van der Waals surface area contributed by atoms with Gasteiger partial charge in [-0.1, -0.05) is 6.07 Å². The number of hydrogen-bond donors (Lipinski definition) is 1. The van der Waals surface area contributed by atoms with E-state index >= 15 is 0 Å². The molecule has 1 amide bonds. The van der Waals surface area contributed by atoms with Crippen LogP contribution in [0.2, 0.25) is 0 Å². The van der Waals surface area contributed by atoms with Crippen molar-refractivity contribution in [2.45, 2.75) is 0 Å². The van der Waals surface area contributed by atoms with Crippen LogP contribution in [0.3, 0.4) is 0 Å². The van der Waals surface area contributed by atoms with Gasteiger partial charge in [-0.3, -0.25) is 4.79 Å². The molecule has 6 nitrogen and oxygen atoms in total. The number of nitrogen functional groups attached to an aromatic ring is 1. The number of ether oxygens (including phenoxy) is 3. The van der Waals surface area contributed by atoms with Crippen molar-refractivity contribution in [3.63, 3.8) is 0 Å². The molecule has 0 bridgehead atoms. The second-order valence-electron chi connectivity index (χ2n) is 4.65. The number of anilines is 1. The normalized spacial score (nSPS) is 10.9. The third-order valence-corrected chi connectivity index (χ3v) is 3.11. The summed E-state index contributed by atoms with van der Waals surface area (Å²) in [6.07, 6.45) is 3.25. The van der Waals surface area contributed by atoms with Gasteiger partial charge >= 0.3 is 0 Å². The van der Waals surface area contributed by atoms with Crippen LogP contribution in [-0.4, -0.2) is 58.4 Å². The molecule has 0 spiro atoms. The van der Waals surface area contributed by atoms with Gasteiger partial charge in [0.05, 0.1) is 26.0 Å². The van der Waals surface area contributed by atoms with E-state index in [1.807, 2.05) is 6.07 Å². The summed E-state index contributed by atoms with van der Waals surface area (Å²) >= 11 is 0. The number of rotatable bonds is 9. The van der Waals surface area contributed by atoms with E-state index in [2.05, 4.69) is 0 Å². The summed E-state index contributed by atoms with van der Waals surface area (Å²) in [6, 6.07) is 5.37. The van der Waals surface area contributed by atoms with Crippen LogP contribution < -0.4 is 10.5 Å². The minimum Gasteiger partial charge on any atom is -0.495 e. The minimum atomic E-state index is -0.0940. The number of carbonyl (C=O) groups is 1. The van der Waals surface area contributed by atoms with Crippen LogP contribution in [0, 0.1) is 0 Å². The minimum absolute atomic E-state index is 0.0940. The van der Waals surface area contributed by atoms with Crippen molar-refractivity contribution in [2.24, 2.45) is 0 Å². The molecule has 1 rings (SSSR count). The Morgan fingerprint density at radius 3 is 2.32 bits per heavy atom. The van der Waals surface area contributed by atoms with E-state index in [-0.39, 0.29) is 5.91 Å². The molecule has 6 heteroatoms. The molecular weight excluding hydrogens is 284 g/mol. The molecule has 0 aliphatic rings. The summed E-state index contributed by atoms with van der Waals surface area (Å²) in [5.41, 5.74) is 7.22. The largest absolute Gasteiger partial charge is 0.495 e. The molecular formula is C16H24N2O4. The third kappa shape index (κ3) is 5.75. The molecule has 1 aromatic carbocycles. The zero-order valence-electron chi connectivity index (χ0n) is 13.4. The van der Waals surface area contributed by atoms with Crippen LogP contribution >= 0.6 is 0 Å². The van der Waals surface area contributed by atoms with E-state index in [1.165, 1.54) is 6.08 Å². The first kappa shape index (κ1) is 18.0. The molecule has 0 radical (unpaired) electrons. The van der Waals surface area contributed by atoms with Gasteiger partial charge in [-0.05, 0) is 23.8 Å². The first-order chi connectivity index (χ1) is 10.6. The predicted molar refractivity (Wildman–Crippen MR) is 86.8 cm³/mol. The molecule has 1 aromatic rings. The Kier molecular flexibility index (Phi) is 8.03. The molecule has 122 valence electrons. The van der Waals surface area contributed by atoms with Crippen LogP contribution in [0.15, 0.2) is 24.3 Å². The first-order valence-corrected chi connectivity index (χ1v) is 7.00. The molecule has 0 saturated carbocycles. The second kappa shape index (κ2) is 9.81. The Balaban J connectivity index is 2.71. The fraction of sp³-hybridized carbons (Fsp3) is 0.438. The van der Waals surface area contributed by atoms with Gasteiger partial charge in [0.1, 0.15) is 5.75 Å². The van der Waals surface area contributed by atoms with Gasteiger partial charge in [-0.15, -0.1) is 0 Å². The Morgan fingerprint density at radius 2 is 1.82 bits per heavy atom. The average molecular weight is 308 g/mol. The number of carbonyl (C=O) groups excluding carboxylic acids is 1.